The number of methoxy groups -OCH3 is 1. The zero-order valence-corrected chi connectivity index (χ0v) is 20.5. The number of aromatic amines is 1. The minimum absolute atomic E-state index is 0.0157. The van der Waals surface area contributed by atoms with Crippen LogP contribution in [-0.2, 0) is 4.74 Å². The van der Waals surface area contributed by atoms with E-state index in [1.54, 1.807) is 24.5 Å². The van der Waals surface area contributed by atoms with Crippen molar-refractivity contribution in [3.8, 4) is 22.8 Å². The molecule has 0 spiro atoms. The van der Waals surface area contributed by atoms with Crippen LogP contribution in [0, 0.1) is 11.2 Å². The molecule has 6 rings (SSSR count). The Morgan fingerprint density at radius 1 is 1.28 bits per heavy atom. The fraction of sp³-hybridized carbons (Fsp3) is 0.407. The number of ether oxygens (including phenoxy) is 3. The Hall–Kier alpha value is -3.59. The second kappa shape index (κ2) is 8.51. The van der Waals surface area contributed by atoms with Gasteiger partial charge in [0.25, 0.3) is 5.91 Å². The zero-order chi connectivity index (χ0) is 25.0. The number of nitrogens with zero attached hydrogens (tertiary/aromatic N) is 1. The molecule has 1 saturated heterocycles. The van der Waals surface area contributed by atoms with Crippen molar-refractivity contribution >= 4 is 17.3 Å². The molecular weight excluding hydrogens is 463 g/mol. The number of pyridine rings is 1. The summed E-state index contributed by atoms with van der Waals surface area (Å²) in [6.07, 6.45) is 5.27. The minimum Gasteiger partial charge on any atom is -0.492 e. The quantitative estimate of drug-likeness (QED) is 0.440. The molecular formula is C27H29FN4O4. The topological polar surface area (TPSA) is 97.5 Å². The van der Waals surface area contributed by atoms with Gasteiger partial charge in [0, 0.05) is 34.8 Å². The van der Waals surface area contributed by atoms with Gasteiger partial charge in [0.2, 0.25) is 0 Å². The second-order valence-corrected chi connectivity index (χ2v) is 10.3. The Morgan fingerprint density at radius 3 is 2.83 bits per heavy atom. The number of amides is 1. The van der Waals surface area contributed by atoms with Gasteiger partial charge >= 0.3 is 0 Å². The van der Waals surface area contributed by atoms with E-state index in [9.17, 15) is 9.18 Å². The first-order valence-electron chi connectivity index (χ1n) is 12.2. The molecule has 8 nitrogen and oxygen atoms in total. The average molecular weight is 493 g/mol. The number of para-hydroxylation sites is 1. The first-order valence-corrected chi connectivity index (χ1v) is 12.2. The standard InChI is InChI=1S/C27H29FN4O4/c1-27(2)13-36-20(27)12-35-19-11-29-10-9-15(19)23-24(30-18-6-4-5-16(28)25(18)34-3)21-22(32-23)14-7-8-17(14)31-26(21)33/h4-6,9-11,14,17,20,30,32H,7-8,12-13H2,1-3H3,(H,31,33). The molecule has 3 aliphatic rings. The average Bonchev–Trinajstić information content (AvgIpc) is 3.19. The van der Waals surface area contributed by atoms with E-state index in [2.05, 4.69) is 34.4 Å². The molecule has 4 heterocycles. The summed E-state index contributed by atoms with van der Waals surface area (Å²) in [6.45, 7) is 5.38. The number of aromatic nitrogens is 2. The molecule has 1 amide bonds. The number of fused-ring (bicyclic) bond motifs is 3. The van der Waals surface area contributed by atoms with E-state index >= 15 is 0 Å². The van der Waals surface area contributed by atoms with Crippen LogP contribution >= 0.6 is 0 Å². The molecule has 1 aliphatic carbocycles. The van der Waals surface area contributed by atoms with E-state index in [1.807, 2.05) is 6.07 Å². The molecule has 2 fully saturated rings. The third-order valence-corrected chi connectivity index (χ3v) is 7.62. The number of hydrogen-bond acceptors (Lipinski definition) is 6. The van der Waals surface area contributed by atoms with Crippen molar-refractivity contribution in [2.24, 2.45) is 5.41 Å². The summed E-state index contributed by atoms with van der Waals surface area (Å²) in [5.74, 6) is 0.200. The van der Waals surface area contributed by atoms with Crippen molar-refractivity contribution in [3.63, 3.8) is 0 Å². The molecule has 2 aromatic heterocycles. The summed E-state index contributed by atoms with van der Waals surface area (Å²) >= 11 is 0. The number of hydrogen-bond donors (Lipinski definition) is 3. The third kappa shape index (κ3) is 3.61. The van der Waals surface area contributed by atoms with Gasteiger partial charge in [-0.25, -0.2) is 4.39 Å². The van der Waals surface area contributed by atoms with Crippen molar-refractivity contribution in [2.75, 3.05) is 25.6 Å². The van der Waals surface area contributed by atoms with Gasteiger partial charge in [0.05, 0.1) is 48.6 Å². The lowest BCUT2D eigenvalue weighted by atomic mass is 9.74. The molecule has 1 aromatic carbocycles. The van der Waals surface area contributed by atoms with E-state index in [-0.39, 0.29) is 35.1 Å². The lowest BCUT2D eigenvalue weighted by Crippen LogP contribution is -2.50. The highest BCUT2D eigenvalue weighted by Crippen LogP contribution is 2.49. The van der Waals surface area contributed by atoms with Crippen LogP contribution in [0.25, 0.3) is 11.3 Å². The monoisotopic (exact) mass is 492 g/mol. The number of rotatable bonds is 7. The molecule has 1 saturated carbocycles. The Morgan fingerprint density at radius 2 is 2.14 bits per heavy atom. The molecule has 9 heteroatoms. The molecule has 0 bridgehead atoms. The fourth-order valence-electron chi connectivity index (χ4n) is 5.24. The molecule has 3 N–H and O–H groups in total. The normalized spacial score (nSPS) is 23.4. The largest absolute Gasteiger partial charge is 0.492 e. The summed E-state index contributed by atoms with van der Waals surface area (Å²) in [6, 6.07) is 6.63. The van der Waals surface area contributed by atoms with E-state index in [1.165, 1.54) is 13.2 Å². The maximum atomic E-state index is 14.5. The Bertz CT molecular complexity index is 1340. The molecule has 0 radical (unpaired) electrons. The fourth-order valence-corrected chi connectivity index (χ4v) is 5.24. The highest BCUT2D eigenvalue weighted by atomic mass is 19.1. The molecule has 2 aliphatic heterocycles. The Labute approximate surface area is 208 Å². The first kappa shape index (κ1) is 22.8. The minimum atomic E-state index is -0.493. The van der Waals surface area contributed by atoms with Gasteiger partial charge in [0.1, 0.15) is 12.4 Å². The number of anilines is 2. The Kier molecular flexibility index (Phi) is 5.40. The number of H-pyrrole nitrogens is 1. The van der Waals surface area contributed by atoms with Crippen LogP contribution < -0.4 is 20.1 Å². The lowest BCUT2D eigenvalue weighted by molar-refractivity contribution is -0.180. The maximum Gasteiger partial charge on any atom is 0.255 e. The lowest BCUT2D eigenvalue weighted by Gasteiger charge is -2.43. The van der Waals surface area contributed by atoms with Crippen LogP contribution in [0.3, 0.4) is 0 Å². The smallest absolute Gasteiger partial charge is 0.255 e. The van der Waals surface area contributed by atoms with E-state index in [0.717, 1.165) is 24.1 Å². The predicted molar refractivity (Wildman–Crippen MR) is 133 cm³/mol. The summed E-state index contributed by atoms with van der Waals surface area (Å²) < 4.78 is 31.7. The van der Waals surface area contributed by atoms with Crippen molar-refractivity contribution in [1.29, 1.82) is 0 Å². The number of benzene rings is 1. The van der Waals surface area contributed by atoms with Gasteiger partial charge in [-0.3, -0.25) is 9.78 Å². The van der Waals surface area contributed by atoms with Gasteiger partial charge in [-0.15, -0.1) is 0 Å². The van der Waals surface area contributed by atoms with E-state index in [4.69, 9.17) is 14.2 Å². The summed E-state index contributed by atoms with van der Waals surface area (Å²) in [7, 11) is 1.42. The Balaban J connectivity index is 1.44. The van der Waals surface area contributed by atoms with Crippen LogP contribution in [0.2, 0.25) is 0 Å². The molecule has 36 heavy (non-hydrogen) atoms. The summed E-state index contributed by atoms with van der Waals surface area (Å²) in [5.41, 5.74) is 3.86. The molecule has 188 valence electrons. The van der Waals surface area contributed by atoms with Gasteiger partial charge in [-0.1, -0.05) is 19.9 Å². The van der Waals surface area contributed by atoms with Crippen molar-refractivity contribution in [2.45, 2.75) is 44.8 Å². The first-order chi connectivity index (χ1) is 17.4. The highest BCUT2D eigenvalue weighted by molar-refractivity contribution is 6.07. The van der Waals surface area contributed by atoms with Crippen LogP contribution in [0.4, 0.5) is 15.8 Å². The van der Waals surface area contributed by atoms with Crippen LogP contribution in [0.5, 0.6) is 11.5 Å². The van der Waals surface area contributed by atoms with Gasteiger partial charge < -0.3 is 29.8 Å². The second-order valence-electron chi connectivity index (χ2n) is 10.3. The SMILES string of the molecule is COc1c(F)cccc1Nc1c(-c2ccncc2OCC2OCC2(C)C)[nH]c2c1C(=O)NC1CCC21. The van der Waals surface area contributed by atoms with Gasteiger partial charge in [0.15, 0.2) is 11.6 Å². The van der Waals surface area contributed by atoms with Gasteiger partial charge in [-0.2, -0.15) is 0 Å². The predicted octanol–water partition coefficient (Wildman–Crippen LogP) is 4.76. The number of carbonyl (C=O) groups is 1. The van der Waals surface area contributed by atoms with E-state index in [0.29, 0.717) is 41.6 Å². The summed E-state index contributed by atoms with van der Waals surface area (Å²) in [4.78, 5) is 21.0. The van der Waals surface area contributed by atoms with Crippen LogP contribution in [-0.4, -0.2) is 48.3 Å². The number of nitrogens with one attached hydrogen (secondary N) is 3. The highest BCUT2D eigenvalue weighted by Gasteiger charge is 2.44. The van der Waals surface area contributed by atoms with Crippen LogP contribution in [0.15, 0.2) is 36.7 Å². The maximum absolute atomic E-state index is 14.5. The van der Waals surface area contributed by atoms with Crippen LogP contribution in [0.1, 0.15) is 48.7 Å². The number of halogens is 1. The van der Waals surface area contributed by atoms with Crippen molar-refractivity contribution in [1.82, 2.24) is 15.3 Å². The van der Waals surface area contributed by atoms with E-state index < -0.39 is 5.82 Å². The molecule has 3 unspecified atom stereocenters. The zero-order valence-electron chi connectivity index (χ0n) is 20.5. The van der Waals surface area contributed by atoms with Crippen molar-refractivity contribution < 1.29 is 23.4 Å². The molecule has 3 atom stereocenters. The third-order valence-electron chi connectivity index (χ3n) is 7.62. The van der Waals surface area contributed by atoms with Gasteiger partial charge in [-0.05, 0) is 31.0 Å². The van der Waals surface area contributed by atoms with Crippen molar-refractivity contribution in [3.05, 3.63) is 53.7 Å². The molecule has 3 aromatic rings. The number of carbonyl (C=O) groups excluding carboxylic acids is 1. The summed E-state index contributed by atoms with van der Waals surface area (Å²) in [5, 5.41) is 6.42.